The Balaban J connectivity index is 3.20. The molecular formula is C8H8Cl2F4O2. The normalized spacial score (nSPS) is 23.9. The van der Waals surface area contributed by atoms with Crippen LogP contribution in [0, 0.1) is 5.92 Å². The monoisotopic (exact) mass is 282 g/mol. The van der Waals surface area contributed by atoms with Gasteiger partial charge in [-0.1, -0.05) is 0 Å². The molecule has 1 N–H and O–H groups in total. The maximum atomic E-state index is 12.9. The summed E-state index contributed by atoms with van der Waals surface area (Å²) in [5.41, 5.74) is -4.06. The fourth-order valence-electron chi connectivity index (χ4n) is 1.81. The highest BCUT2D eigenvalue weighted by Crippen LogP contribution is 2.53. The number of hydrogen-bond donors (Lipinski definition) is 1. The standard InChI is InChI=1S/C8H8Cl2F4O2/c9-7(11,12)6(16,8(10,13)14)4-2-1-3-5(4)15/h4,16H,1-3H2/t4-/m1/s1. The third-order valence-electron chi connectivity index (χ3n) is 2.67. The molecule has 0 aromatic carbocycles. The summed E-state index contributed by atoms with van der Waals surface area (Å²) < 4.78 is 51.6. The fraction of sp³-hybridized carbons (Fsp3) is 0.875. The van der Waals surface area contributed by atoms with Gasteiger partial charge < -0.3 is 5.11 Å². The van der Waals surface area contributed by atoms with Gasteiger partial charge in [0.25, 0.3) is 0 Å². The molecule has 2 nitrogen and oxygen atoms in total. The molecule has 0 unspecified atom stereocenters. The molecule has 0 bridgehead atoms. The molecule has 1 aliphatic rings. The summed E-state index contributed by atoms with van der Waals surface area (Å²) in [6.07, 6.45) is -0.293. The Kier molecular flexibility index (Phi) is 3.49. The predicted octanol–water partition coefficient (Wildman–Crippen LogP) is 2.75. The van der Waals surface area contributed by atoms with E-state index < -0.39 is 28.1 Å². The lowest BCUT2D eigenvalue weighted by Crippen LogP contribution is -2.61. The maximum Gasteiger partial charge on any atom is 0.357 e. The number of carbonyl (C=O) groups excluding carboxylic acids is 1. The Morgan fingerprint density at radius 1 is 1.19 bits per heavy atom. The molecule has 1 aliphatic carbocycles. The van der Waals surface area contributed by atoms with Crippen molar-refractivity contribution in [2.24, 2.45) is 5.92 Å². The van der Waals surface area contributed by atoms with Crippen LogP contribution in [0.15, 0.2) is 0 Å². The van der Waals surface area contributed by atoms with Crippen LogP contribution in [0.25, 0.3) is 0 Å². The molecule has 1 fully saturated rings. The molecule has 0 aliphatic heterocycles. The van der Waals surface area contributed by atoms with Gasteiger partial charge in [0.2, 0.25) is 5.60 Å². The maximum absolute atomic E-state index is 12.9. The van der Waals surface area contributed by atoms with Crippen molar-refractivity contribution in [2.75, 3.05) is 0 Å². The molecule has 1 atom stereocenters. The second-order valence-electron chi connectivity index (χ2n) is 3.67. The van der Waals surface area contributed by atoms with Gasteiger partial charge in [0.1, 0.15) is 5.78 Å². The molecule has 8 heteroatoms. The second kappa shape index (κ2) is 3.99. The summed E-state index contributed by atoms with van der Waals surface area (Å²) in [4.78, 5) is 11.2. The average Bonchev–Trinajstić information content (AvgIpc) is 2.46. The Bertz CT molecular complexity index is 283. The average molecular weight is 283 g/mol. The van der Waals surface area contributed by atoms with Crippen LogP contribution in [0.2, 0.25) is 0 Å². The Morgan fingerprint density at radius 3 is 1.88 bits per heavy atom. The summed E-state index contributed by atoms with van der Waals surface area (Å²) in [7, 11) is 0. The van der Waals surface area contributed by atoms with E-state index in [1.54, 1.807) is 0 Å². The van der Waals surface area contributed by atoms with Crippen molar-refractivity contribution in [3.8, 4) is 0 Å². The number of Topliss-reactive ketones (excluding diaryl/α,β-unsaturated/α-hetero) is 1. The first-order valence-electron chi connectivity index (χ1n) is 4.40. The van der Waals surface area contributed by atoms with Crippen LogP contribution < -0.4 is 0 Å². The first-order chi connectivity index (χ1) is 7.02. The van der Waals surface area contributed by atoms with E-state index in [1.807, 2.05) is 0 Å². The van der Waals surface area contributed by atoms with Crippen LogP contribution in [0.4, 0.5) is 17.6 Å². The van der Waals surface area contributed by atoms with Crippen molar-refractivity contribution in [3.05, 3.63) is 0 Å². The van der Waals surface area contributed by atoms with Gasteiger partial charge in [-0.15, -0.1) is 0 Å². The van der Waals surface area contributed by atoms with E-state index >= 15 is 0 Å². The molecule has 0 saturated heterocycles. The smallest absolute Gasteiger partial charge is 0.357 e. The van der Waals surface area contributed by atoms with Crippen LogP contribution in [0.1, 0.15) is 19.3 Å². The van der Waals surface area contributed by atoms with Crippen molar-refractivity contribution in [2.45, 2.75) is 35.6 Å². The molecule has 0 aromatic rings. The zero-order valence-electron chi connectivity index (χ0n) is 7.82. The van der Waals surface area contributed by atoms with Crippen LogP contribution in [0.3, 0.4) is 0 Å². The van der Waals surface area contributed by atoms with Gasteiger partial charge >= 0.3 is 10.8 Å². The molecule has 0 radical (unpaired) electrons. The van der Waals surface area contributed by atoms with Crippen LogP contribution >= 0.6 is 23.2 Å². The van der Waals surface area contributed by atoms with Crippen molar-refractivity contribution in [3.63, 3.8) is 0 Å². The first-order valence-corrected chi connectivity index (χ1v) is 5.16. The molecule has 0 heterocycles. The predicted molar refractivity (Wildman–Crippen MR) is 48.9 cm³/mol. The van der Waals surface area contributed by atoms with E-state index in [-0.39, 0.29) is 19.3 Å². The van der Waals surface area contributed by atoms with Crippen molar-refractivity contribution in [1.82, 2.24) is 0 Å². The molecule has 0 aromatic heterocycles. The highest BCUT2D eigenvalue weighted by atomic mass is 35.5. The molecule has 1 saturated carbocycles. The third-order valence-corrected chi connectivity index (χ3v) is 3.25. The van der Waals surface area contributed by atoms with Gasteiger partial charge in [-0.3, -0.25) is 4.79 Å². The van der Waals surface area contributed by atoms with Crippen molar-refractivity contribution >= 4 is 29.0 Å². The van der Waals surface area contributed by atoms with Crippen LogP contribution in [-0.4, -0.2) is 27.3 Å². The summed E-state index contributed by atoms with van der Waals surface area (Å²) in [5, 5.41) is -0.0133. The number of carbonyl (C=O) groups is 1. The minimum absolute atomic E-state index is 0.145. The van der Waals surface area contributed by atoms with Crippen LogP contribution in [0.5, 0.6) is 0 Å². The Morgan fingerprint density at radius 2 is 1.62 bits per heavy atom. The lowest BCUT2D eigenvalue weighted by molar-refractivity contribution is -0.239. The minimum atomic E-state index is -4.69. The number of hydrogen-bond acceptors (Lipinski definition) is 2. The summed E-state index contributed by atoms with van der Waals surface area (Å²) in [6, 6.07) is 0. The van der Waals surface area contributed by atoms with E-state index in [0.29, 0.717) is 0 Å². The lowest BCUT2D eigenvalue weighted by Gasteiger charge is -2.38. The quantitative estimate of drug-likeness (QED) is 0.638. The van der Waals surface area contributed by atoms with Crippen LogP contribution in [-0.2, 0) is 4.79 Å². The van der Waals surface area contributed by atoms with Crippen molar-refractivity contribution in [1.29, 1.82) is 0 Å². The van der Waals surface area contributed by atoms with Gasteiger partial charge in [-0.25, -0.2) is 0 Å². The Labute approximate surface area is 98.5 Å². The van der Waals surface area contributed by atoms with Gasteiger partial charge in [0.05, 0.1) is 5.92 Å². The topological polar surface area (TPSA) is 37.3 Å². The summed E-state index contributed by atoms with van der Waals surface area (Å²) >= 11 is 8.94. The molecule has 1 rings (SSSR count). The molecule has 0 spiro atoms. The molecule has 94 valence electrons. The van der Waals surface area contributed by atoms with E-state index in [1.165, 1.54) is 0 Å². The lowest BCUT2D eigenvalue weighted by atomic mass is 9.85. The second-order valence-corrected chi connectivity index (χ2v) is 4.62. The highest BCUT2D eigenvalue weighted by Gasteiger charge is 2.72. The Hall–Kier alpha value is -0.0700. The largest absolute Gasteiger partial charge is 0.376 e. The number of alkyl halides is 6. The highest BCUT2D eigenvalue weighted by molar-refractivity contribution is 6.26. The summed E-state index contributed by atoms with van der Waals surface area (Å²) in [6.45, 7) is 0. The summed E-state index contributed by atoms with van der Waals surface area (Å²) in [5.74, 6) is -2.84. The van der Waals surface area contributed by atoms with E-state index in [0.717, 1.165) is 0 Å². The van der Waals surface area contributed by atoms with Crippen molar-refractivity contribution < 1.29 is 27.5 Å². The molecular weight excluding hydrogens is 275 g/mol. The van der Waals surface area contributed by atoms with E-state index in [4.69, 9.17) is 0 Å². The first kappa shape index (κ1) is 14.0. The minimum Gasteiger partial charge on any atom is -0.376 e. The fourth-order valence-corrected chi connectivity index (χ4v) is 2.36. The zero-order valence-corrected chi connectivity index (χ0v) is 9.33. The van der Waals surface area contributed by atoms with Gasteiger partial charge in [-0.2, -0.15) is 17.6 Å². The number of ketones is 1. The number of rotatable bonds is 3. The van der Waals surface area contributed by atoms with Gasteiger partial charge in [-0.05, 0) is 36.0 Å². The SMILES string of the molecule is O=C1CCC[C@H]1C(O)(C(F)(F)Cl)C(F)(F)Cl. The number of aliphatic hydroxyl groups is 1. The van der Waals surface area contributed by atoms with E-state index in [9.17, 15) is 27.5 Å². The van der Waals surface area contributed by atoms with Gasteiger partial charge in [0.15, 0.2) is 0 Å². The van der Waals surface area contributed by atoms with E-state index in [2.05, 4.69) is 23.2 Å². The molecule has 0 amide bonds. The number of halogens is 6. The molecule has 16 heavy (non-hydrogen) atoms. The zero-order chi connectivity index (χ0) is 12.8. The van der Waals surface area contributed by atoms with Gasteiger partial charge in [0, 0.05) is 6.42 Å². The third kappa shape index (κ3) is 2.02.